The highest BCUT2D eigenvalue weighted by molar-refractivity contribution is 5.79. The van der Waals surface area contributed by atoms with Crippen LogP contribution in [0.25, 0.3) is 0 Å². The van der Waals surface area contributed by atoms with Gasteiger partial charge in [0.05, 0.1) is 0 Å². The second-order valence-electron chi connectivity index (χ2n) is 4.09. The summed E-state index contributed by atoms with van der Waals surface area (Å²) in [5.74, 6) is -1.77. The lowest BCUT2D eigenvalue weighted by atomic mass is 10.2. The van der Waals surface area contributed by atoms with Crippen LogP contribution in [-0.4, -0.2) is 6.21 Å². The maximum atomic E-state index is 12.9. The molecule has 97 valence electrons. The van der Waals surface area contributed by atoms with Gasteiger partial charge in [-0.25, -0.2) is 8.78 Å². The van der Waals surface area contributed by atoms with E-state index < -0.39 is 11.6 Å². The van der Waals surface area contributed by atoms with Gasteiger partial charge in [-0.1, -0.05) is 35.0 Å². The molecule has 0 N–H and O–H groups in total. The summed E-state index contributed by atoms with van der Waals surface area (Å²) in [6.07, 6.45) is 2.72. The molecule has 0 bridgehead atoms. The number of rotatable bonds is 4. The second kappa shape index (κ2) is 6.09. The molecule has 0 amide bonds. The van der Waals surface area contributed by atoms with Crippen molar-refractivity contribution in [2.24, 2.45) is 5.16 Å². The Hall–Kier alpha value is -2.23. The van der Waals surface area contributed by atoms with Gasteiger partial charge in [0, 0.05) is 5.56 Å². The number of nitrogens with zero attached hydrogens (tertiary/aromatic N) is 1. The Morgan fingerprint density at radius 1 is 1.11 bits per heavy atom. The zero-order valence-corrected chi connectivity index (χ0v) is 10.4. The predicted octanol–water partition coefficient (Wildman–Crippen LogP) is 3.70. The molecule has 0 aliphatic carbocycles. The molecule has 0 heterocycles. The highest BCUT2D eigenvalue weighted by Gasteiger charge is 2.02. The predicted molar refractivity (Wildman–Crippen MR) is 68.9 cm³/mol. The third kappa shape index (κ3) is 3.88. The molecule has 1 radical (unpaired) electrons. The minimum atomic E-state index is -0.896. The number of benzene rings is 2. The summed E-state index contributed by atoms with van der Waals surface area (Å²) in [5.41, 5.74) is 2.40. The zero-order valence-electron chi connectivity index (χ0n) is 10.4. The van der Waals surface area contributed by atoms with Gasteiger partial charge in [-0.05, 0) is 30.7 Å². The van der Waals surface area contributed by atoms with Gasteiger partial charge in [0.2, 0.25) is 0 Å². The van der Waals surface area contributed by atoms with Crippen LogP contribution < -0.4 is 0 Å². The van der Waals surface area contributed by atoms with E-state index in [9.17, 15) is 8.78 Å². The molecule has 2 nitrogen and oxygen atoms in total. The number of halogens is 2. The van der Waals surface area contributed by atoms with Gasteiger partial charge < -0.3 is 4.84 Å². The lowest BCUT2D eigenvalue weighted by Gasteiger charge is -2.00. The van der Waals surface area contributed by atoms with Crippen LogP contribution in [0.2, 0.25) is 0 Å². The third-order valence-corrected chi connectivity index (χ3v) is 2.47. The van der Waals surface area contributed by atoms with Gasteiger partial charge in [0.25, 0.3) is 0 Å². The minimum absolute atomic E-state index is 0.0655. The molecule has 0 saturated carbocycles. The highest BCUT2D eigenvalue weighted by atomic mass is 19.2. The Labute approximate surface area is 110 Å². The van der Waals surface area contributed by atoms with E-state index in [0.717, 1.165) is 23.3 Å². The standard InChI is InChI=1S/C15H12F2NO/c1-11-3-2-4-12(7-11)9-18-19-10-13-5-6-14(16)15(17)8-13/h2-8H,10H2,1H3. The highest BCUT2D eigenvalue weighted by Crippen LogP contribution is 2.09. The fraction of sp³-hybridized carbons (Fsp3) is 0.133. The molecule has 4 heteroatoms. The topological polar surface area (TPSA) is 21.6 Å². The lowest BCUT2D eigenvalue weighted by Crippen LogP contribution is -1.91. The van der Waals surface area contributed by atoms with Gasteiger partial charge in [0.1, 0.15) is 12.8 Å². The Morgan fingerprint density at radius 3 is 2.68 bits per heavy atom. The SMILES string of the molecule is Cc1cccc(/[C]=N\OCc2ccc(F)c(F)c2)c1. The Bertz CT molecular complexity index is 596. The molecule has 19 heavy (non-hydrogen) atoms. The first-order valence-electron chi connectivity index (χ1n) is 5.74. The van der Waals surface area contributed by atoms with Crippen LogP contribution >= 0.6 is 0 Å². The minimum Gasteiger partial charge on any atom is -0.390 e. The molecular weight excluding hydrogens is 248 g/mol. The average molecular weight is 260 g/mol. The maximum Gasteiger partial charge on any atom is 0.159 e. The van der Waals surface area contributed by atoms with E-state index in [1.807, 2.05) is 31.2 Å². The van der Waals surface area contributed by atoms with Gasteiger partial charge in [-0.3, -0.25) is 0 Å². The quantitative estimate of drug-likeness (QED) is 0.606. The molecule has 0 unspecified atom stereocenters. The van der Waals surface area contributed by atoms with Crippen LogP contribution in [0, 0.1) is 18.6 Å². The van der Waals surface area contributed by atoms with Crippen LogP contribution in [0.4, 0.5) is 8.78 Å². The summed E-state index contributed by atoms with van der Waals surface area (Å²) in [5, 5.41) is 3.66. The molecule has 2 rings (SSSR count). The number of hydrogen-bond acceptors (Lipinski definition) is 2. The number of aryl methyl sites for hydroxylation is 1. The van der Waals surface area contributed by atoms with E-state index in [2.05, 4.69) is 11.4 Å². The Morgan fingerprint density at radius 2 is 1.95 bits per heavy atom. The number of hydrogen-bond donors (Lipinski definition) is 0. The van der Waals surface area contributed by atoms with Gasteiger partial charge in [0.15, 0.2) is 11.6 Å². The average Bonchev–Trinajstić information content (AvgIpc) is 2.39. The molecule has 2 aromatic carbocycles. The van der Waals surface area contributed by atoms with Crippen molar-refractivity contribution >= 4 is 6.21 Å². The third-order valence-electron chi connectivity index (χ3n) is 2.47. The molecule has 0 fully saturated rings. The van der Waals surface area contributed by atoms with Crippen LogP contribution in [0.3, 0.4) is 0 Å². The zero-order chi connectivity index (χ0) is 13.7. The van der Waals surface area contributed by atoms with E-state index in [4.69, 9.17) is 4.84 Å². The smallest absolute Gasteiger partial charge is 0.159 e. The summed E-state index contributed by atoms with van der Waals surface area (Å²) >= 11 is 0. The van der Waals surface area contributed by atoms with Crippen LogP contribution in [-0.2, 0) is 11.4 Å². The van der Waals surface area contributed by atoms with Crippen LogP contribution in [0.15, 0.2) is 47.6 Å². The molecule has 2 aromatic rings. The molecule has 0 saturated heterocycles. The van der Waals surface area contributed by atoms with Gasteiger partial charge in [-0.15, -0.1) is 0 Å². The summed E-state index contributed by atoms with van der Waals surface area (Å²) in [6.45, 7) is 2.03. The van der Waals surface area contributed by atoms with Gasteiger partial charge >= 0.3 is 0 Å². The van der Waals surface area contributed by atoms with Crippen molar-refractivity contribution in [3.8, 4) is 0 Å². The molecule has 0 spiro atoms. The van der Waals surface area contributed by atoms with Crippen molar-refractivity contribution in [1.82, 2.24) is 0 Å². The van der Waals surface area contributed by atoms with Crippen molar-refractivity contribution in [3.05, 3.63) is 70.8 Å². The van der Waals surface area contributed by atoms with Crippen molar-refractivity contribution in [2.75, 3.05) is 0 Å². The van der Waals surface area contributed by atoms with Crippen molar-refractivity contribution in [2.45, 2.75) is 13.5 Å². The molecule has 0 aliphatic heterocycles. The second-order valence-corrected chi connectivity index (χ2v) is 4.09. The molecular formula is C15H12F2NO. The Balaban J connectivity index is 1.91. The first kappa shape index (κ1) is 13.2. The largest absolute Gasteiger partial charge is 0.390 e. The van der Waals surface area contributed by atoms with Crippen LogP contribution in [0.1, 0.15) is 16.7 Å². The van der Waals surface area contributed by atoms with Crippen molar-refractivity contribution in [3.63, 3.8) is 0 Å². The maximum absolute atomic E-state index is 12.9. The Kier molecular flexibility index (Phi) is 4.23. The fourth-order valence-corrected chi connectivity index (χ4v) is 1.54. The summed E-state index contributed by atoms with van der Waals surface area (Å²) in [6, 6.07) is 11.2. The molecule has 0 aliphatic rings. The van der Waals surface area contributed by atoms with Crippen molar-refractivity contribution < 1.29 is 13.6 Å². The van der Waals surface area contributed by atoms with Crippen LogP contribution in [0.5, 0.6) is 0 Å². The summed E-state index contributed by atoms with van der Waals surface area (Å²) in [7, 11) is 0. The van der Waals surface area contributed by atoms with E-state index in [1.54, 1.807) is 0 Å². The summed E-state index contributed by atoms with van der Waals surface area (Å²) < 4.78 is 25.6. The summed E-state index contributed by atoms with van der Waals surface area (Å²) in [4.78, 5) is 4.98. The monoisotopic (exact) mass is 260 g/mol. The first-order valence-corrected chi connectivity index (χ1v) is 5.74. The fourth-order valence-electron chi connectivity index (χ4n) is 1.54. The molecule has 0 aromatic heterocycles. The van der Waals surface area contributed by atoms with Crippen molar-refractivity contribution in [1.29, 1.82) is 0 Å². The van der Waals surface area contributed by atoms with E-state index in [0.29, 0.717) is 5.56 Å². The normalized spacial score (nSPS) is 10.9. The van der Waals surface area contributed by atoms with Gasteiger partial charge in [-0.2, -0.15) is 0 Å². The van der Waals surface area contributed by atoms with E-state index in [-0.39, 0.29) is 6.61 Å². The molecule has 0 atom stereocenters. The van der Waals surface area contributed by atoms with E-state index >= 15 is 0 Å². The lowest BCUT2D eigenvalue weighted by molar-refractivity contribution is 0.132. The first-order chi connectivity index (χ1) is 9.15. The van der Waals surface area contributed by atoms with E-state index in [1.165, 1.54) is 6.07 Å².